The second kappa shape index (κ2) is 5.10. The highest BCUT2D eigenvalue weighted by Crippen LogP contribution is 2.32. The molecular formula is C17H17NO2. The van der Waals surface area contributed by atoms with Crippen molar-refractivity contribution in [2.45, 2.75) is 18.4 Å². The lowest BCUT2D eigenvalue weighted by Gasteiger charge is -2.36. The Bertz CT molecular complexity index is 624. The summed E-state index contributed by atoms with van der Waals surface area (Å²) in [7, 11) is 0. The van der Waals surface area contributed by atoms with Crippen molar-refractivity contribution in [2.75, 3.05) is 6.54 Å². The van der Waals surface area contributed by atoms with E-state index in [0.29, 0.717) is 13.0 Å². The van der Waals surface area contributed by atoms with Crippen LogP contribution in [0.4, 0.5) is 0 Å². The number of carboxylic acids is 1. The van der Waals surface area contributed by atoms with Crippen LogP contribution in [-0.2, 0) is 23.2 Å². The van der Waals surface area contributed by atoms with Crippen LogP contribution < -0.4 is 5.32 Å². The Kier molecular flexibility index (Phi) is 3.28. The SMILES string of the molecule is O=C(O)C1(Cc2ccccc2)NCCc2ccccc21. The molecule has 1 atom stereocenters. The molecule has 3 heteroatoms. The van der Waals surface area contributed by atoms with E-state index in [2.05, 4.69) is 5.32 Å². The summed E-state index contributed by atoms with van der Waals surface area (Å²) in [5, 5.41) is 13.1. The van der Waals surface area contributed by atoms with E-state index < -0.39 is 11.5 Å². The summed E-state index contributed by atoms with van der Waals surface area (Å²) in [4.78, 5) is 12.0. The summed E-state index contributed by atoms with van der Waals surface area (Å²) < 4.78 is 0. The first-order valence-corrected chi connectivity index (χ1v) is 6.83. The molecule has 0 aliphatic carbocycles. The molecule has 0 spiro atoms. The molecule has 20 heavy (non-hydrogen) atoms. The Labute approximate surface area is 118 Å². The van der Waals surface area contributed by atoms with Crippen LogP contribution >= 0.6 is 0 Å². The molecule has 2 aromatic carbocycles. The van der Waals surface area contributed by atoms with E-state index in [1.807, 2.05) is 54.6 Å². The zero-order valence-corrected chi connectivity index (χ0v) is 11.2. The van der Waals surface area contributed by atoms with Crippen LogP contribution in [0, 0.1) is 0 Å². The molecule has 0 saturated carbocycles. The zero-order chi connectivity index (χ0) is 14.0. The maximum atomic E-state index is 12.0. The number of hydrogen-bond acceptors (Lipinski definition) is 2. The van der Waals surface area contributed by atoms with Gasteiger partial charge in [0.25, 0.3) is 0 Å². The highest BCUT2D eigenvalue weighted by Gasteiger charge is 2.43. The second-order valence-electron chi connectivity index (χ2n) is 5.21. The number of aliphatic carboxylic acids is 1. The van der Waals surface area contributed by atoms with Crippen molar-refractivity contribution in [3.8, 4) is 0 Å². The van der Waals surface area contributed by atoms with Gasteiger partial charge in [-0.05, 0) is 23.1 Å². The van der Waals surface area contributed by atoms with Gasteiger partial charge in [0.1, 0.15) is 5.54 Å². The lowest BCUT2D eigenvalue weighted by Crippen LogP contribution is -2.54. The summed E-state index contributed by atoms with van der Waals surface area (Å²) in [6, 6.07) is 17.6. The van der Waals surface area contributed by atoms with Crippen molar-refractivity contribution < 1.29 is 9.90 Å². The van der Waals surface area contributed by atoms with E-state index in [1.165, 1.54) is 0 Å². The van der Waals surface area contributed by atoms with Crippen LogP contribution in [0.5, 0.6) is 0 Å². The maximum absolute atomic E-state index is 12.0. The summed E-state index contributed by atoms with van der Waals surface area (Å²) in [6.07, 6.45) is 1.33. The van der Waals surface area contributed by atoms with Gasteiger partial charge in [-0.2, -0.15) is 0 Å². The Morgan fingerprint density at radius 1 is 1.10 bits per heavy atom. The molecular weight excluding hydrogens is 250 g/mol. The van der Waals surface area contributed by atoms with Gasteiger partial charge < -0.3 is 5.11 Å². The Morgan fingerprint density at radius 2 is 1.80 bits per heavy atom. The summed E-state index contributed by atoms with van der Waals surface area (Å²) in [5.41, 5.74) is 2.03. The van der Waals surface area contributed by atoms with Crippen molar-refractivity contribution >= 4 is 5.97 Å². The first-order valence-electron chi connectivity index (χ1n) is 6.83. The molecule has 1 aliphatic rings. The number of carboxylic acid groups (broad SMARTS) is 1. The van der Waals surface area contributed by atoms with Crippen molar-refractivity contribution in [3.63, 3.8) is 0 Å². The molecule has 0 aromatic heterocycles. The fraction of sp³-hybridized carbons (Fsp3) is 0.235. The average Bonchev–Trinajstić information content (AvgIpc) is 2.48. The number of fused-ring (bicyclic) bond motifs is 1. The molecule has 0 radical (unpaired) electrons. The number of hydrogen-bond donors (Lipinski definition) is 2. The molecule has 102 valence electrons. The van der Waals surface area contributed by atoms with E-state index in [-0.39, 0.29) is 0 Å². The monoisotopic (exact) mass is 267 g/mol. The van der Waals surface area contributed by atoms with E-state index in [9.17, 15) is 9.90 Å². The van der Waals surface area contributed by atoms with Gasteiger partial charge in [0.2, 0.25) is 0 Å². The lowest BCUT2D eigenvalue weighted by atomic mass is 9.78. The zero-order valence-electron chi connectivity index (χ0n) is 11.2. The molecule has 2 N–H and O–H groups in total. The van der Waals surface area contributed by atoms with Crippen LogP contribution in [0.1, 0.15) is 16.7 Å². The smallest absolute Gasteiger partial charge is 0.328 e. The Hall–Kier alpha value is -2.13. The number of nitrogens with one attached hydrogen (secondary N) is 1. The third kappa shape index (κ3) is 2.10. The molecule has 0 amide bonds. The predicted octanol–water partition coefficient (Wildman–Crippen LogP) is 2.35. The first kappa shape index (κ1) is 12.9. The van der Waals surface area contributed by atoms with Gasteiger partial charge in [0, 0.05) is 13.0 Å². The van der Waals surface area contributed by atoms with Gasteiger partial charge >= 0.3 is 5.97 Å². The number of carbonyl (C=O) groups is 1. The molecule has 3 rings (SSSR count). The molecule has 1 aliphatic heterocycles. The van der Waals surface area contributed by atoms with Crippen molar-refractivity contribution in [3.05, 3.63) is 71.3 Å². The van der Waals surface area contributed by atoms with Crippen molar-refractivity contribution in [2.24, 2.45) is 0 Å². The molecule has 2 aromatic rings. The van der Waals surface area contributed by atoms with Crippen LogP contribution in [0.2, 0.25) is 0 Å². The van der Waals surface area contributed by atoms with E-state index >= 15 is 0 Å². The van der Waals surface area contributed by atoms with Gasteiger partial charge in [-0.25, -0.2) is 4.79 Å². The fourth-order valence-corrected chi connectivity index (χ4v) is 2.99. The topological polar surface area (TPSA) is 49.3 Å². The van der Waals surface area contributed by atoms with Crippen LogP contribution in [0.15, 0.2) is 54.6 Å². The largest absolute Gasteiger partial charge is 0.480 e. The van der Waals surface area contributed by atoms with Gasteiger partial charge in [0.05, 0.1) is 0 Å². The van der Waals surface area contributed by atoms with Crippen molar-refractivity contribution in [1.29, 1.82) is 0 Å². The minimum atomic E-state index is -1.02. The van der Waals surface area contributed by atoms with Gasteiger partial charge in [-0.3, -0.25) is 5.32 Å². The minimum Gasteiger partial charge on any atom is -0.480 e. The molecule has 0 fully saturated rings. The molecule has 1 heterocycles. The van der Waals surface area contributed by atoms with Crippen LogP contribution in [0.3, 0.4) is 0 Å². The first-order chi connectivity index (χ1) is 9.72. The molecule has 3 nitrogen and oxygen atoms in total. The van der Waals surface area contributed by atoms with Crippen LogP contribution in [-0.4, -0.2) is 17.6 Å². The quantitative estimate of drug-likeness (QED) is 0.897. The third-order valence-corrected chi connectivity index (χ3v) is 3.98. The van der Waals surface area contributed by atoms with E-state index in [1.54, 1.807) is 0 Å². The average molecular weight is 267 g/mol. The Morgan fingerprint density at radius 3 is 2.55 bits per heavy atom. The third-order valence-electron chi connectivity index (χ3n) is 3.98. The van der Waals surface area contributed by atoms with Gasteiger partial charge in [0.15, 0.2) is 0 Å². The van der Waals surface area contributed by atoms with Crippen LogP contribution in [0.25, 0.3) is 0 Å². The van der Waals surface area contributed by atoms with Gasteiger partial charge in [-0.1, -0.05) is 54.6 Å². The minimum absolute atomic E-state index is 0.459. The summed E-state index contributed by atoms with van der Waals surface area (Å²) in [6.45, 7) is 0.691. The van der Waals surface area contributed by atoms with Gasteiger partial charge in [-0.15, -0.1) is 0 Å². The fourth-order valence-electron chi connectivity index (χ4n) is 2.99. The molecule has 0 saturated heterocycles. The maximum Gasteiger partial charge on any atom is 0.328 e. The molecule has 1 unspecified atom stereocenters. The lowest BCUT2D eigenvalue weighted by molar-refractivity contribution is -0.145. The van der Waals surface area contributed by atoms with Crippen molar-refractivity contribution in [1.82, 2.24) is 5.32 Å². The normalized spacial score (nSPS) is 21.2. The molecule has 0 bridgehead atoms. The number of benzene rings is 2. The highest BCUT2D eigenvalue weighted by atomic mass is 16.4. The Balaban J connectivity index is 2.08. The predicted molar refractivity (Wildman–Crippen MR) is 77.6 cm³/mol. The standard InChI is InChI=1S/C17H17NO2/c19-16(20)17(12-13-6-2-1-3-7-13)15-9-5-4-8-14(15)10-11-18-17/h1-9,18H,10-12H2,(H,19,20). The van der Waals surface area contributed by atoms with E-state index in [0.717, 1.165) is 23.1 Å². The number of rotatable bonds is 3. The summed E-state index contributed by atoms with van der Waals surface area (Å²) >= 11 is 0. The summed E-state index contributed by atoms with van der Waals surface area (Å²) in [5.74, 6) is -0.812. The second-order valence-corrected chi connectivity index (χ2v) is 5.21. The highest BCUT2D eigenvalue weighted by molar-refractivity contribution is 5.82. The van der Waals surface area contributed by atoms with E-state index in [4.69, 9.17) is 0 Å².